The summed E-state index contributed by atoms with van der Waals surface area (Å²) in [6.07, 6.45) is 0. The Kier molecular flexibility index (Phi) is 7.04. The second kappa shape index (κ2) is 9.59. The van der Waals surface area contributed by atoms with Gasteiger partial charge in [0.05, 0.1) is 0 Å². The summed E-state index contributed by atoms with van der Waals surface area (Å²) < 4.78 is 65.3. The number of hydrogen-bond acceptors (Lipinski definition) is 5. The van der Waals surface area contributed by atoms with Crippen molar-refractivity contribution in [1.29, 1.82) is 0 Å². The van der Waals surface area contributed by atoms with Crippen LogP contribution in [0.3, 0.4) is 0 Å². The topological polar surface area (TPSA) is 94.3 Å². The van der Waals surface area contributed by atoms with Crippen molar-refractivity contribution in [3.63, 3.8) is 0 Å². The molecular formula is C22H20F3N3O4S. The first-order valence-electron chi connectivity index (χ1n) is 9.57. The van der Waals surface area contributed by atoms with Gasteiger partial charge in [0.15, 0.2) is 5.69 Å². The van der Waals surface area contributed by atoms with Crippen LogP contribution >= 0.6 is 0 Å². The van der Waals surface area contributed by atoms with Crippen LogP contribution in [0.2, 0.25) is 0 Å². The molecule has 0 spiro atoms. The molecule has 1 aromatic heterocycles. The minimum Gasteiger partial charge on any atom is -0.471 e. The number of nitrogens with zero attached hydrogens (tertiary/aromatic N) is 3. The first kappa shape index (κ1) is 24.2. The molecule has 4 rings (SSSR count). The number of halogens is 3. The minimum atomic E-state index is -5.84. The van der Waals surface area contributed by atoms with Gasteiger partial charge in [0.1, 0.15) is 6.61 Å². The van der Waals surface area contributed by atoms with Crippen molar-refractivity contribution in [3.8, 4) is 17.1 Å². The lowest BCUT2D eigenvalue weighted by molar-refractivity contribution is -0.0510. The van der Waals surface area contributed by atoms with Gasteiger partial charge < -0.3 is 4.74 Å². The maximum Gasteiger partial charge on any atom is 0.522 e. The minimum absolute atomic E-state index is 0.484. The largest absolute Gasteiger partial charge is 0.522 e. The number of aryl methyl sites for hydroxylation is 2. The third-order valence-electron chi connectivity index (χ3n) is 4.68. The van der Waals surface area contributed by atoms with E-state index in [4.69, 9.17) is 17.7 Å². The molecule has 174 valence electrons. The maximum atomic E-state index is 10.7. The predicted molar refractivity (Wildman–Crippen MR) is 117 cm³/mol. The molecule has 3 aromatic carbocycles. The molecule has 4 aromatic rings. The molecule has 0 saturated carbocycles. The number of hydrogen-bond donors (Lipinski definition) is 1. The Morgan fingerprint density at radius 3 is 2.12 bits per heavy atom. The summed E-state index contributed by atoms with van der Waals surface area (Å²) in [5.41, 5.74) is -1.39. The Bertz CT molecular complexity index is 1350. The summed E-state index contributed by atoms with van der Waals surface area (Å²) in [6.45, 7) is 2.60. The van der Waals surface area contributed by atoms with Crippen molar-refractivity contribution in [1.82, 2.24) is 15.0 Å². The summed E-state index contributed by atoms with van der Waals surface area (Å²) in [6, 6.07) is 22.7. The van der Waals surface area contributed by atoms with E-state index in [9.17, 15) is 13.2 Å². The van der Waals surface area contributed by atoms with Crippen LogP contribution in [0.25, 0.3) is 22.0 Å². The molecule has 0 aliphatic carbocycles. The lowest BCUT2D eigenvalue weighted by Crippen LogP contribution is -2.21. The Labute approximate surface area is 188 Å². The van der Waals surface area contributed by atoms with E-state index in [2.05, 4.69) is 53.6 Å². The van der Waals surface area contributed by atoms with Gasteiger partial charge in [-0.15, -0.1) is 5.10 Å². The molecule has 0 aliphatic heterocycles. The molecule has 1 heterocycles. The van der Waals surface area contributed by atoms with E-state index in [1.165, 1.54) is 21.9 Å². The smallest absolute Gasteiger partial charge is 0.471 e. The van der Waals surface area contributed by atoms with Gasteiger partial charge in [-0.1, -0.05) is 65.9 Å². The number of ether oxygens (including phenoxy) is 1. The first-order valence-corrected chi connectivity index (χ1v) is 11.0. The standard InChI is InChI=1S/C21H19N3O.CHF3O3S/c1-15-12-17-10-6-7-11-18(17)13-19(15)14-25-21-20(22-23-24(21)2)16-8-4-3-5-9-16;2-1(3,4)8(5,6)7/h3-13H,14H2,1-2H3;(H,5,6,7). The summed E-state index contributed by atoms with van der Waals surface area (Å²) >= 11 is 0. The fraction of sp³-hybridized carbons (Fsp3) is 0.182. The zero-order valence-electron chi connectivity index (χ0n) is 17.6. The van der Waals surface area contributed by atoms with Gasteiger partial charge >= 0.3 is 15.6 Å². The van der Waals surface area contributed by atoms with Crippen molar-refractivity contribution >= 4 is 20.9 Å². The second-order valence-corrected chi connectivity index (χ2v) is 8.48. The fourth-order valence-electron chi connectivity index (χ4n) is 2.99. The second-order valence-electron chi connectivity index (χ2n) is 7.07. The van der Waals surface area contributed by atoms with Crippen LogP contribution in [-0.2, 0) is 23.8 Å². The van der Waals surface area contributed by atoms with E-state index in [1.807, 2.05) is 37.4 Å². The molecule has 0 fully saturated rings. The third kappa shape index (κ3) is 5.88. The van der Waals surface area contributed by atoms with E-state index < -0.39 is 15.6 Å². The third-order valence-corrected chi connectivity index (χ3v) is 5.27. The molecule has 0 radical (unpaired) electrons. The van der Waals surface area contributed by atoms with Crippen LogP contribution in [-0.4, -0.2) is 33.5 Å². The van der Waals surface area contributed by atoms with Crippen molar-refractivity contribution in [2.75, 3.05) is 0 Å². The van der Waals surface area contributed by atoms with Gasteiger partial charge in [-0.2, -0.15) is 21.6 Å². The number of alkyl halides is 3. The average Bonchev–Trinajstić information content (AvgIpc) is 3.12. The first-order chi connectivity index (χ1) is 15.5. The lowest BCUT2D eigenvalue weighted by Gasteiger charge is -2.11. The summed E-state index contributed by atoms with van der Waals surface area (Å²) in [5, 5.41) is 10.8. The number of rotatable bonds is 4. The maximum absolute atomic E-state index is 10.7. The molecule has 33 heavy (non-hydrogen) atoms. The number of aromatic nitrogens is 3. The van der Waals surface area contributed by atoms with E-state index in [1.54, 1.807) is 4.68 Å². The Morgan fingerprint density at radius 1 is 1.00 bits per heavy atom. The average molecular weight is 479 g/mol. The lowest BCUT2D eigenvalue weighted by atomic mass is 10.0. The molecule has 7 nitrogen and oxygen atoms in total. The highest BCUT2D eigenvalue weighted by molar-refractivity contribution is 7.86. The summed E-state index contributed by atoms with van der Waals surface area (Å²) in [7, 11) is -3.99. The van der Waals surface area contributed by atoms with Crippen molar-refractivity contribution < 1.29 is 30.9 Å². The van der Waals surface area contributed by atoms with Crippen LogP contribution in [0.1, 0.15) is 11.1 Å². The fourth-order valence-corrected chi connectivity index (χ4v) is 2.99. The molecule has 0 aliphatic rings. The Hall–Kier alpha value is -3.44. The molecule has 0 atom stereocenters. The molecule has 1 N–H and O–H groups in total. The van der Waals surface area contributed by atoms with Crippen LogP contribution < -0.4 is 4.74 Å². The highest BCUT2D eigenvalue weighted by atomic mass is 32.2. The molecule has 0 saturated heterocycles. The van der Waals surface area contributed by atoms with Gasteiger partial charge in [-0.25, -0.2) is 4.68 Å². The van der Waals surface area contributed by atoms with Crippen LogP contribution in [0.5, 0.6) is 5.88 Å². The van der Waals surface area contributed by atoms with E-state index in [0.717, 1.165) is 11.3 Å². The quantitative estimate of drug-likeness (QED) is 0.330. The number of fused-ring (bicyclic) bond motifs is 1. The predicted octanol–water partition coefficient (Wildman–Crippen LogP) is 4.92. The van der Waals surface area contributed by atoms with Crippen molar-refractivity contribution in [2.45, 2.75) is 19.0 Å². The molecule has 0 unspecified atom stereocenters. The molecule has 11 heteroatoms. The van der Waals surface area contributed by atoms with E-state index in [0.29, 0.717) is 12.5 Å². The highest BCUT2D eigenvalue weighted by Crippen LogP contribution is 2.28. The van der Waals surface area contributed by atoms with Crippen LogP contribution in [0, 0.1) is 6.92 Å². The highest BCUT2D eigenvalue weighted by Gasteiger charge is 2.44. The van der Waals surface area contributed by atoms with Crippen LogP contribution in [0.4, 0.5) is 13.2 Å². The zero-order valence-corrected chi connectivity index (χ0v) is 18.4. The van der Waals surface area contributed by atoms with Gasteiger partial charge in [-0.05, 0) is 34.9 Å². The van der Waals surface area contributed by atoms with Crippen molar-refractivity contribution in [3.05, 3.63) is 77.9 Å². The molecular weight excluding hydrogens is 459 g/mol. The van der Waals surface area contributed by atoms with Gasteiger partial charge in [0, 0.05) is 12.6 Å². The monoisotopic (exact) mass is 479 g/mol. The summed E-state index contributed by atoms with van der Waals surface area (Å²) in [5.74, 6) is 0.679. The molecule has 0 bridgehead atoms. The molecule has 0 amide bonds. The summed E-state index contributed by atoms with van der Waals surface area (Å²) in [4.78, 5) is 0. The SMILES string of the molecule is Cc1cc2ccccc2cc1COc1c(-c2ccccc2)nnn1C.O=S(=O)(O)C(F)(F)F. The zero-order chi connectivity index (χ0) is 24.2. The van der Waals surface area contributed by atoms with E-state index >= 15 is 0 Å². The Morgan fingerprint density at radius 2 is 1.55 bits per heavy atom. The van der Waals surface area contributed by atoms with E-state index in [-0.39, 0.29) is 0 Å². The normalized spacial score (nSPS) is 11.7. The van der Waals surface area contributed by atoms with Crippen LogP contribution in [0.15, 0.2) is 66.7 Å². The van der Waals surface area contributed by atoms with Gasteiger partial charge in [0.2, 0.25) is 5.88 Å². The Balaban J connectivity index is 0.000000331. The van der Waals surface area contributed by atoms with Gasteiger partial charge in [-0.3, -0.25) is 4.55 Å². The van der Waals surface area contributed by atoms with Crippen molar-refractivity contribution in [2.24, 2.45) is 7.05 Å². The number of benzene rings is 3. The van der Waals surface area contributed by atoms with Gasteiger partial charge in [0.25, 0.3) is 0 Å².